The smallest absolute Gasteiger partial charge is 0.273 e. The van der Waals surface area contributed by atoms with E-state index < -0.39 is 4.92 Å². The number of nitrogens with zero attached hydrogens (tertiary/aromatic N) is 1. The van der Waals surface area contributed by atoms with E-state index in [0.717, 1.165) is 10.5 Å². The quantitative estimate of drug-likeness (QED) is 0.486. The lowest BCUT2D eigenvalue weighted by molar-refractivity contribution is -0.384. The number of nitro groups is 1. The number of thioether (sulfide) groups is 1. The number of carbonyl (C=O) groups excluding carboxylic acids is 1. The van der Waals surface area contributed by atoms with Crippen LogP contribution in [0.3, 0.4) is 0 Å². The average Bonchev–Trinajstić information content (AvgIpc) is 2.54. The molecule has 2 rings (SSSR count). The van der Waals surface area contributed by atoms with Gasteiger partial charge in [-0.1, -0.05) is 17.7 Å². The Kier molecular flexibility index (Phi) is 5.81. The molecule has 7 heteroatoms. The molecular formula is C17H18N2O4S. The number of rotatable bonds is 6. The van der Waals surface area contributed by atoms with Crippen molar-refractivity contribution in [3.63, 3.8) is 0 Å². The molecule has 0 radical (unpaired) electrons. The second-order valence-corrected chi connectivity index (χ2v) is 6.26. The van der Waals surface area contributed by atoms with Crippen molar-refractivity contribution in [3.05, 3.63) is 57.6 Å². The van der Waals surface area contributed by atoms with E-state index in [2.05, 4.69) is 11.4 Å². The topological polar surface area (TPSA) is 81.5 Å². The highest BCUT2D eigenvalue weighted by atomic mass is 32.2. The molecule has 0 unspecified atom stereocenters. The minimum absolute atomic E-state index is 0.0884. The molecule has 6 nitrogen and oxygen atoms in total. The predicted molar refractivity (Wildman–Crippen MR) is 94.9 cm³/mol. The third kappa shape index (κ3) is 4.48. The van der Waals surface area contributed by atoms with Crippen molar-refractivity contribution in [1.29, 1.82) is 0 Å². The van der Waals surface area contributed by atoms with Crippen molar-refractivity contribution in [2.24, 2.45) is 0 Å². The third-order valence-electron chi connectivity index (χ3n) is 3.36. The number of amides is 1. The van der Waals surface area contributed by atoms with Crippen molar-refractivity contribution < 1.29 is 14.5 Å². The lowest BCUT2D eigenvalue weighted by Crippen LogP contribution is -2.14. The van der Waals surface area contributed by atoms with E-state index in [9.17, 15) is 14.9 Å². The van der Waals surface area contributed by atoms with Gasteiger partial charge in [0.15, 0.2) is 0 Å². The fraction of sp³-hybridized carbons (Fsp3) is 0.235. The lowest BCUT2D eigenvalue weighted by atomic mass is 10.2. The molecule has 0 fully saturated rings. The van der Waals surface area contributed by atoms with E-state index in [1.165, 1.54) is 42.6 Å². The molecule has 2 aromatic carbocycles. The van der Waals surface area contributed by atoms with E-state index in [-0.39, 0.29) is 23.1 Å². The Morgan fingerprint density at radius 2 is 2.00 bits per heavy atom. The predicted octanol–water partition coefficient (Wildman–Crippen LogP) is 3.95. The number of benzene rings is 2. The van der Waals surface area contributed by atoms with Crippen molar-refractivity contribution in [2.45, 2.75) is 18.7 Å². The zero-order valence-corrected chi connectivity index (χ0v) is 14.5. The summed E-state index contributed by atoms with van der Waals surface area (Å²) in [5.41, 5.74) is 2.63. The number of nitrogens with one attached hydrogen (secondary N) is 1. The van der Waals surface area contributed by atoms with Gasteiger partial charge < -0.3 is 10.1 Å². The Balaban J connectivity index is 2.03. The van der Waals surface area contributed by atoms with Crippen LogP contribution in [0.25, 0.3) is 0 Å². The number of nitro benzene ring substituents is 1. The fourth-order valence-electron chi connectivity index (χ4n) is 2.19. The van der Waals surface area contributed by atoms with Gasteiger partial charge in [-0.15, -0.1) is 11.8 Å². The Hall–Kier alpha value is -2.54. The van der Waals surface area contributed by atoms with Gasteiger partial charge in [-0.25, -0.2) is 0 Å². The van der Waals surface area contributed by atoms with Crippen LogP contribution in [0, 0.1) is 24.0 Å². The molecule has 2 aromatic rings. The molecule has 0 saturated heterocycles. The molecule has 1 N–H and O–H groups in total. The summed E-state index contributed by atoms with van der Waals surface area (Å²) >= 11 is 1.44. The summed E-state index contributed by atoms with van der Waals surface area (Å²) in [5.74, 6) is 0.297. The van der Waals surface area contributed by atoms with Gasteiger partial charge in [0.1, 0.15) is 5.75 Å². The Morgan fingerprint density at radius 3 is 2.62 bits per heavy atom. The maximum atomic E-state index is 12.1. The molecular weight excluding hydrogens is 328 g/mol. The van der Waals surface area contributed by atoms with E-state index in [1.807, 2.05) is 26.0 Å². The maximum Gasteiger partial charge on any atom is 0.273 e. The zero-order valence-electron chi connectivity index (χ0n) is 13.7. The summed E-state index contributed by atoms with van der Waals surface area (Å²) in [6, 6.07) is 10.2. The Morgan fingerprint density at radius 1 is 1.25 bits per heavy atom. The van der Waals surface area contributed by atoms with Gasteiger partial charge in [0.25, 0.3) is 5.69 Å². The summed E-state index contributed by atoms with van der Waals surface area (Å²) < 4.78 is 5.11. The highest BCUT2D eigenvalue weighted by molar-refractivity contribution is 8.00. The average molecular weight is 346 g/mol. The van der Waals surface area contributed by atoms with Crippen LogP contribution >= 0.6 is 11.8 Å². The van der Waals surface area contributed by atoms with Gasteiger partial charge >= 0.3 is 0 Å². The molecule has 0 aliphatic rings. The molecule has 24 heavy (non-hydrogen) atoms. The second kappa shape index (κ2) is 7.83. The number of hydrogen-bond donors (Lipinski definition) is 1. The first-order valence-electron chi connectivity index (χ1n) is 7.23. The van der Waals surface area contributed by atoms with Crippen LogP contribution in [0.4, 0.5) is 11.4 Å². The van der Waals surface area contributed by atoms with Gasteiger partial charge in [0.2, 0.25) is 5.91 Å². The highest BCUT2D eigenvalue weighted by Gasteiger charge is 2.13. The van der Waals surface area contributed by atoms with Crippen LogP contribution in [-0.4, -0.2) is 23.7 Å². The van der Waals surface area contributed by atoms with E-state index in [0.29, 0.717) is 5.69 Å². The van der Waals surface area contributed by atoms with Crippen LogP contribution in [0.2, 0.25) is 0 Å². The molecule has 0 spiro atoms. The van der Waals surface area contributed by atoms with E-state index in [1.54, 1.807) is 0 Å². The molecule has 0 aliphatic carbocycles. The molecule has 0 heterocycles. The molecule has 0 bridgehead atoms. The van der Waals surface area contributed by atoms with Crippen LogP contribution in [0.5, 0.6) is 5.75 Å². The van der Waals surface area contributed by atoms with Gasteiger partial charge in [0.05, 0.1) is 29.5 Å². The number of carbonyl (C=O) groups is 1. The number of anilines is 1. The number of ether oxygens (including phenoxy) is 1. The normalized spacial score (nSPS) is 10.3. The standard InChI is InChI=1S/C17H18N2O4S/c1-11-4-7-16(12(2)8-11)24-10-17(20)18-14-6-5-13(19(21)22)9-15(14)23-3/h4-9H,10H2,1-3H3,(H,18,20). The first-order chi connectivity index (χ1) is 11.4. The maximum absolute atomic E-state index is 12.1. The van der Waals surface area contributed by atoms with E-state index in [4.69, 9.17) is 4.74 Å². The molecule has 0 aliphatic heterocycles. The first kappa shape index (κ1) is 17.8. The molecule has 0 saturated carbocycles. The van der Waals surface area contributed by atoms with Crippen LogP contribution in [0.15, 0.2) is 41.3 Å². The largest absolute Gasteiger partial charge is 0.494 e. The molecule has 126 valence electrons. The summed E-state index contributed by atoms with van der Waals surface area (Å²) in [4.78, 5) is 23.4. The molecule has 0 aromatic heterocycles. The highest BCUT2D eigenvalue weighted by Crippen LogP contribution is 2.29. The minimum Gasteiger partial charge on any atom is -0.494 e. The van der Waals surface area contributed by atoms with Crippen LogP contribution in [-0.2, 0) is 4.79 Å². The van der Waals surface area contributed by atoms with Crippen LogP contribution < -0.4 is 10.1 Å². The third-order valence-corrected chi connectivity index (χ3v) is 4.53. The second-order valence-electron chi connectivity index (χ2n) is 5.25. The van der Waals surface area contributed by atoms with E-state index >= 15 is 0 Å². The Bertz CT molecular complexity index is 777. The SMILES string of the molecule is COc1cc([N+](=O)[O-])ccc1NC(=O)CSc1ccc(C)cc1C. The minimum atomic E-state index is -0.510. The number of hydrogen-bond acceptors (Lipinski definition) is 5. The summed E-state index contributed by atoms with van der Waals surface area (Å²) in [6.07, 6.45) is 0. The number of aryl methyl sites for hydroxylation is 2. The summed E-state index contributed by atoms with van der Waals surface area (Å²) in [6.45, 7) is 4.03. The van der Waals surface area contributed by atoms with Crippen molar-refractivity contribution in [3.8, 4) is 5.75 Å². The monoisotopic (exact) mass is 346 g/mol. The van der Waals surface area contributed by atoms with Crippen molar-refractivity contribution in [1.82, 2.24) is 0 Å². The van der Waals surface area contributed by atoms with Crippen molar-refractivity contribution in [2.75, 3.05) is 18.2 Å². The molecule has 1 amide bonds. The fourth-order valence-corrected chi connectivity index (χ4v) is 3.00. The first-order valence-corrected chi connectivity index (χ1v) is 8.21. The summed E-state index contributed by atoms with van der Waals surface area (Å²) in [7, 11) is 1.40. The van der Waals surface area contributed by atoms with Crippen molar-refractivity contribution >= 4 is 29.0 Å². The molecule has 0 atom stereocenters. The number of non-ortho nitro benzene ring substituents is 1. The van der Waals surface area contributed by atoms with Gasteiger partial charge in [-0.05, 0) is 31.5 Å². The van der Waals surface area contributed by atoms with Gasteiger partial charge in [0, 0.05) is 11.0 Å². The van der Waals surface area contributed by atoms with Gasteiger partial charge in [-0.3, -0.25) is 14.9 Å². The summed E-state index contributed by atoms with van der Waals surface area (Å²) in [5, 5.41) is 13.5. The van der Waals surface area contributed by atoms with Crippen LogP contribution in [0.1, 0.15) is 11.1 Å². The Labute approximate surface area is 144 Å². The number of methoxy groups -OCH3 is 1. The lowest BCUT2D eigenvalue weighted by Gasteiger charge is -2.10. The van der Waals surface area contributed by atoms with Gasteiger partial charge in [-0.2, -0.15) is 0 Å². The zero-order chi connectivity index (χ0) is 17.7.